The van der Waals surface area contributed by atoms with Crippen LogP contribution < -0.4 is 4.74 Å². The van der Waals surface area contributed by atoms with E-state index in [1.807, 2.05) is 17.8 Å². The normalized spacial score (nSPS) is 17.6. The van der Waals surface area contributed by atoms with Crippen molar-refractivity contribution in [2.75, 3.05) is 12.9 Å². The number of methoxy groups -OCH3 is 1. The molecular weight excluding hydrogens is 263 g/mol. The maximum absolute atomic E-state index is 13.5. The van der Waals surface area contributed by atoms with Gasteiger partial charge in [0, 0.05) is 11.0 Å². The van der Waals surface area contributed by atoms with E-state index in [-0.39, 0.29) is 11.6 Å². The monoisotopic (exact) mass is 284 g/mol. The number of rotatable bonds is 6. The Morgan fingerprint density at radius 2 is 2.16 bits per heavy atom. The molecule has 1 N–H and O–H groups in total. The number of benzene rings is 1. The third-order valence-corrected chi connectivity index (χ3v) is 5.03. The maximum Gasteiger partial charge on any atom is 0.165 e. The van der Waals surface area contributed by atoms with Gasteiger partial charge in [0.15, 0.2) is 11.6 Å². The van der Waals surface area contributed by atoms with Crippen molar-refractivity contribution in [1.82, 2.24) is 0 Å². The Morgan fingerprint density at radius 1 is 1.42 bits per heavy atom. The van der Waals surface area contributed by atoms with Crippen LogP contribution in [0, 0.1) is 5.82 Å². The van der Waals surface area contributed by atoms with Gasteiger partial charge in [-0.15, -0.1) is 0 Å². The van der Waals surface area contributed by atoms with Crippen LogP contribution in [0.5, 0.6) is 5.75 Å². The first-order valence-electron chi connectivity index (χ1n) is 6.81. The van der Waals surface area contributed by atoms with Crippen LogP contribution in [-0.2, 0) is 6.42 Å². The molecule has 1 atom stereocenters. The fourth-order valence-electron chi connectivity index (χ4n) is 2.47. The number of hydrogen-bond acceptors (Lipinski definition) is 3. The molecule has 0 aliphatic heterocycles. The molecule has 0 spiro atoms. The van der Waals surface area contributed by atoms with Crippen LogP contribution >= 0.6 is 11.8 Å². The largest absolute Gasteiger partial charge is 0.494 e. The Bertz CT molecular complexity index is 405. The lowest BCUT2D eigenvalue weighted by molar-refractivity contribution is 0.200. The number of ether oxygens (including phenoxy) is 1. The molecule has 2 rings (SSSR count). The van der Waals surface area contributed by atoms with Crippen molar-refractivity contribution in [1.29, 1.82) is 0 Å². The van der Waals surface area contributed by atoms with Crippen molar-refractivity contribution < 1.29 is 14.2 Å². The van der Waals surface area contributed by atoms with E-state index >= 15 is 0 Å². The molecule has 0 saturated heterocycles. The average molecular weight is 284 g/mol. The molecular formula is C15H21FO2S. The minimum Gasteiger partial charge on any atom is -0.494 e. The van der Waals surface area contributed by atoms with Crippen LogP contribution in [0.25, 0.3) is 0 Å². The van der Waals surface area contributed by atoms with Crippen LogP contribution in [0.15, 0.2) is 18.2 Å². The van der Waals surface area contributed by atoms with E-state index < -0.39 is 6.10 Å². The van der Waals surface area contributed by atoms with E-state index in [9.17, 15) is 9.50 Å². The standard InChI is InChI=1S/C15H21FO2S/c1-18-15-7-6-11(9-14(15)16)8-12(17)10-19-13-4-2-3-5-13/h6-7,9,12-13,17H,2-5,8,10H2,1H3. The first kappa shape index (κ1) is 14.7. The van der Waals surface area contributed by atoms with Gasteiger partial charge in [0.05, 0.1) is 13.2 Å². The fraction of sp³-hybridized carbons (Fsp3) is 0.600. The minimum absolute atomic E-state index is 0.249. The van der Waals surface area contributed by atoms with E-state index in [2.05, 4.69) is 0 Å². The summed E-state index contributed by atoms with van der Waals surface area (Å²) >= 11 is 1.85. The summed E-state index contributed by atoms with van der Waals surface area (Å²) < 4.78 is 18.4. The van der Waals surface area contributed by atoms with Gasteiger partial charge < -0.3 is 9.84 Å². The number of aliphatic hydroxyl groups excluding tert-OH is 1. The van der Waals surface area contributed by atoms with Crippen LogP contribution in [0.4, 0.5) is 4.39 Å². The van der Waals surface area contributed by atoms with E-state index in [0.29, 0.717) is 11.7 Å². The molecule has 4 heteroatoms. The first-order valence-corrected chi connectivity index (χ1v) is 7.86. The summed E-state index contributed by atoms with van der Waals surface area (Å²) in [6.07, 6.45) is 5.27. The van der Waals surface area contributed by atoms with Gasteiger partial charge in [-0.1, -0.05) is 18.9 Å². The van der Waals surface area contributed by atoms with Gasteiger partial charge in [-0.2, -0.15) is 11.8 Å². The molecule has 19 heavy (non-hydrogen) atoms. The van der Waals surface area contributed by atoms with Crippen LogP contribution in [0.3, 0.4) is 0 Å². The van der Waals surface area contributed by atoms with Crippen LogP contribution in [0.1, 0.15) is 31.2 Å². The highest BCUT2D eigenvalue weighted by Crippen LogP contribution is 2.30. The summed E-state index contributed by atoms with van der Waals surface area (Å²) in [6, 6.07) is 4.87. The van der Waals surface area contributed by atoms with Crippen molar-refractivity contribution in [3.8, 4) is 5.75 Å². The summed E-state index contributed by atoms with van der Waals surface area (Å²) in [5.74, 6) is 0.618. The SMILES string of the molecule is COc1ccc(CC(O)CSC2CCCC2)cc1F. The lowest BCUT2D eigenvalue weighted by Crippen LogP contribution is -2.15. The molecule has 0 amide bonds. The highest BCUT2D eigenvalue weighted by molar-refractivity contribution is 7.99. The molecule has 1 saturated carbocycles. The molecule has 106 valence electrons. The zero-order chi connectivity index (χ0) is 13.7. The van der Waals surface area contributed by atoms with Gasteiger partial charge in [-0.05, 0) is 37.0 Å². The summed E-state index contributed by atoms with van der Waals surface area (Å²) in [4.78, 5) is 0. The second-order valence-electron chi connectivity index (χ2n) is 5.07. The fourth-order valence-corrected chi connectivity index (χ4v) is 3.75. The van der Waals surface area contributed by atoms with E-state index in [0.717, 1.165) is 11.3 Å². The number of thioether (sulfide) groups is 1. The number of halogens is 1. The molecule has 0 heterocycles. The Morgan fingerprint density at radius 3 is 2.79 bits per heavy atom. The number of aliphatic hydroxyl groups is 1. The van der Waals surface area contributed by atoms with E-state index in [1.165, 1.54) is 38.9 Å². The van der Waals surface area contributed by atoms with Crippen LogP contribution in [0.2, 0.25) is 0 Å². The van der Waals surface area contributed by atoms with Crippen molar-refractivity contribution in [2.24, 2.45) is 0 Å². The quantitative estimate of drug-likeness (QED) is 0.868. The molecule has 1 aromatic carbocycles. The summed E-state index contributed by atoms with van der Waals surface area (Å²) in [5, 5.41) is 10.7. The van der Waals surface area contributed by atoms with Crippen molar-refractivity contribution in [3.63, 3.8) is 0 Å². The second-order valence-corrected chi connectivity index (χ2v) is 6.40. The van der Waals surface area contributed by atoms with E-state index in [4.69, 9.17) is 4.74 Å². The highest BCUT2D eigenvalue weighted by Gasteiger charge is 2.17. The molecule has 1 aromatic rings. The second kappa shape index (κ2) is 7.15. The van der Waals surface area contributed by atoms with Crippen LogP contribution in [-0.4, -0.2) is 29.3 Å². The Balaban J connectivity index is 1.80. The lowest BCUT2D eigenvalue weighted by Gasteiger charge is -2.14. The van der Waals surface area contributed by atoms with Gasteiger partial charge in [-0.25, -0.2) is 4.39 Å². The molecule has 1 aliphatic rings. The summed E-state index contributed by atoms with van der Waals surface area (Å²) in [7, 11) is 1.45. The van der Waals surface area contributed by atoms with Gasteiger partial charge in [0.25, 0.3) is 0 Å². The summed E-state index contributed by atoms with van der Waals surface area (Å²) in [6.45, 7) is 0. The third-order valence-electron chi connectivity index (χ3n) is 3.51. The van der Waals surface area contributed by atoms with Gasteiger partial charge >= 0.3 is 0 Å². The average Bonchev–Trinajstić information content (AvgIpc) is 2.90. The predicted octanol–water partition coefficient (Wildman–Crippen LogP) is 3.41. The smallest absolute Gasteiger partial charge is 0.165 e. The maximum atomic E-state index is 13.5. The molecule has 1 unspecified atom stereocenters. The van der Waals surface area contributed by atoms with E-state index in [1.54, 1.807) is 6.07 Å². The Kier molecular flexibility index (Phi) is 5.52. The van der Waals surface area contributed by atoms with Gasteiger partial charge in [-0.3, -0.25) is 0 Å². The Labute approximate surface area is 118 Å². The molecule has 1 aliphatic carbocycles. The lowest BCUT2D eigenvalue weighted by atomic mass is 10.1. The molecule has 0 bridgehead atoms. The van der Waals surface area contributed by atoms with Gasteiger partial charge in [0.1, 0.15) is 0 Å². The molecule has 2 nitrogen and oxygen atoms in total. The third kappa shape index (κ3) is 4.39. The number of hydrogen-bond donors (Lipinski definition) is 1. The predicted molar refractivity (Wildman–Crippen MR) is 77.4 cm³/mol. The van der Waals surface area contributed by atoms with Crippen molar-refractivity contribution >= 4 is 11.8 Å². The zero-order valence-corrected chi connectivity index (χ0v) is 12.1. The first-order chi connectivity index (χ1) is 9.19. The molecule has 0 radical (unpaired) electrons. The highest BCUT2D eigenvalue weighted by atomic mass is 32.2. The van der Waals surface area contributed by atoms with Gasteiger partial charge in [0.2, 0.25) is 0 Å². The van der Waals surface area contributed by atoms with Crippen molar-refractivity contribution in [2.45, 2.75) is 43.5 Å². The zero-order valence-electron chi connectivity index (χ0n) is 11.3. The molecule has 0 aromatic heterocycles. The summed E-state index contributed by atoms with van der Waals surface area (Å²) in [5.41, 5.74) is 0.817. The van der Waals surface area contributed by atoms with Crippen molar-refractivity contribution in [3.05, 3.63) is 29.6 Å². The topological polar surface area (TPSA) is 29.5 Å². The molecule has 1 fully saturated rings. The Hall–Kier alpha value is -0.740. The minimum atomic E-state index is -0.404.